The van der Waals surface area contributed by atoms with Crippen molar-refractivity contribution in [1.82, 2.24) is 4.98 Å². The van der Waals surface area contributed by atoms with Gasteiger partial charge in [-0.15, -0.1) is 0 Å². The number of anilines is 1. The molecule has 17 heavy (non-hydrogen) atoms. The van der Waals surface area contributed by atoms with Crippen LogP contribution in [0.15, 0.2) is 18.3 Å². The highest BCUT2D eigenvalue weighted by Gasteiger charge is 2.14. The molecule has 0 bridgehead atoms. The molecule has 0 fully saturated rings. The molecule has 94 valence electrons. The van der Waals surface area contributed by atoms with Crippen LogP contribution in [0.1, 0.15) is 37.6 Å². The van der Waals surface area contributed by atoms with E-state index in [-0.39, 0.29) is 12.0 Å². The predicted octanol–water partition coefficient (Wildman–Crippen LogP) is 2.71. The molecule has 1 unspecified atom stereocenters. The maximum atomic E-state index is 11.5. The van der Waals surface area contributed by atoms with Gasteiger partial charge in [0.2, 0.25) is 0 Å². The molecule has 0 aliphatic heterocycles. The monoisotopic (exact) mass is 236 g/mol. The Morgan fingerprint density at radius 2 is 2.18 bits per heavy atom. The molecule has 1 aromatic rings. The van der Waals surface area contributed by atoms with Gasteiger partial charge in [-0.05, 0) is 31.4 Å². The fourth-order valence-corrected chi connectivity index (χ4v) is 1.79. The first-order chi connectivity index (χ1) is 8.04. The molecule has 1 N–H and O–H groups in total. The lowest BCUT2D eigenvalue weighted by Gasteiger charge is -2.17. The van der Waals surface area contributed by atoms with Gasteiger partial charge < -0.3 is 10.1 Å². The second-order valence-electron chi connectivity index (χ2n) is 4.57. The topological polar surface area (TPSA) is 51.2 Å². The zero-order valence-electron chi connectivity index (χ0n) is 10.9. The lowest BCUT2D eigenvalue weighted by atomic mass is 10.1. The van der Waals surface area contributed by atoms with Crippen LogP contribution >= 0.6 is 0 Å². The van der Waals surface area contributed by atoms with E-state index in [1.807, 2.05) is 0 Å². The Kier molecular flexibility index (Phi) is 4.94. The second-order valence-corrected chi connectivity index (χ2v) is 4.57. The molecule has 0 aromatic carbocycles. The van der Waals surface area contributed by atoms with Crippen molar-refractivity contribution in [1.29, 1.82) is 0 Å². The molecule has 0 aliphatic rings. The minimum atomic E-state index is -0.364. The lowest BCUT2D eigenvalue weighted by molar-refractivity contribution is 0.0601. The zero-order valence-corrected chi connectivity index (χ0v) is 10.9. The van der Waals surface area contributed by atoms with Crippen molar-refractivity contribution in [3.8, 4) is 0 Å². The summed E-state index contributed by atoms with van der Waals surface area (Å²) in [5.41, 5.74) is 0.477. The third kappa shape index (κ3) is 4.06. The molecule has 1 heterocycles. The normalized spacial score (nSPS) is 12.3. The highest BCUT2D eigenvalue weighted by molar-refractivity contribution is 5.94. The van der Waals surface area contributed by atoms with Crippen molar-refractivity contribution in [3.05, 3.63) is 23.9 Å². The number of hydrogen-bond donors (Lipinski definition) is 1. The van der Waals surface area contributed by atoms with Crippen LogP contribution in [0.4, 0.5) is 5.82 Å². The predicted molar refractivity (Wildman–Crippen MR) is 68.1 cm³/mol. The molecule has 0 radical (unpaired) electrons. The number of ether oxygens (including phenoxy) is 1. The van der Waals surface area contributed by atoms with Crippen LogP contribution in [0.2, 0.25) is 0 Å². The molecule has 0 aliphatic carbocycles. The summed E-state index contributed by atoms with van der Waals surface area (Å²) < 4.78 is 4.72. The SMILES string of the molecule is COC(=O)c1cccnc1NC(C)CC(C)C. The lowest BCUT2D eigenvalue weighted by Crippen LogP contribution is -2.20. The Morgan fingerprint density at radius 1 is 1.47 bits per heavy atom. The highest BCUT2D eigenvalue weighted by atomic mass is 16.5. The molecule has 0 amide bonds. The Morgan fingerprint density at radius 3 is 2.76 bits per heavy atom. The van der Waals surface area contributed by atoms with E-state index < -0.39 is 0 Å². The molecule has 1 rings (SSSR count). The van der Waals surface area contributed by atoms with Gasteiger partial charge in [-0.1, -0.05) is 13.8 Å². The number of hydrogen-bond acceptors (Lipinski definition) is 4. The average Bonchev–Trinajstić information content (AvgIpc) is 2.27. The molecule has 0 saturated carbocycles. The summed E-state index contributed by atoms with van der Waals surface area (Å²) in [6.07, 6.45) is 2.69. The average molecular weight is 236 g/mol. The van der Waals surface area contributed by atoms with E-state index in [4.69, 9.17) is 4.74 Å². The standard InChI is InChI=1S/C13H20N2O2/c1-9(2)8-10(3)15-12-11(13(16)17-4)6-5-7-14-12/h5-7,9-10H,8H2,1-4H3,(H,14,15). The maximum Gasteiger partial charge on any atom is 0.341 e. The number of carbonyl (C=O) groups excluding carboxylic acids is 1. The quantitative estimate of drug-likeness (QED) is 0.799. The zero-order chi connectivity index (χ0) is 12.8. The smallest absolute Gasteiger partial charge is 0.341 e. The fourth-order valence-electron chi connectivity index (χ4n) is 1.79. The van der Waals surface area contributed by atoms with Crippen molar-refractivity contribution in [2.24, 2.45) is 5.92 Å². The number of pyridine rings is 1. The number of esters is 1. The van der Waals surface area contributed by atoms with Crippen molar-refractivity contribution in [2.45, 2.75) is 33.2 Å². The van der Waals surface area contributed by atoms with Gasteiger partial charge >= 0.3 is 5.97 Å². The Balaban J connectivity index is 2.80. The number of rotatable bonds is 5. The summed E-state index contributed by atoms with van der Waals surface area (Å²) in [7, 11) is 1.37. The molecular formula is C13H20N2O2. The summed E-state index contributed by atoms with van der Waals surface area (Å²) in [4.78, 5) is 15.7. The Labute approximate surface area is 102 Å². The summed E-state index contributed by atoms with van der Waals surface area (Å²) in [6.45, 7) is 6.41. The first kappa shape index (κ1) is 13.5. The van der Waals surface area contributed by atoms with E-state index in [1.54, 1.807) is 18.3 Å². The van der Waals surface area contributed by atoms with E-state index in [0.29, 0.717) is 17.3 Å². The molecule has 1 aromatic heterocycles. The summed E-state index contributed by atoms with van der Waals surface area (Å²) in [5, 5.41) is 3.25. The van der Waals surface area contributed by atoms with Crippen LogP contribution in [0.3, 0.4) is 0 Å². The van der Waals surface area contributed by atoms with Gasteiger partial charge in [0.1, 0.15) is 11.4 Å². The molecule has 0 saturated heterocycles. The molecule has 0 spiro atoms. The molecule has 4 heteroatoms. The van der Waals surface area contributed by atoms with E-state index in [9.17, 15) is 4.79 Å². The minimum Gasteiger partial charge on any atom is -0.465 e. The number of aromatic nitrogens is 1. The van der Waals surface area contributed by atoms with Crippen LogP contribution in [-0.4, -0.2) is 24.1 Å². The van der Waals surface area contributed by atoms with Crippen molar-refractivity contribution < 1.29 is 9.53 Å². The van der Waals surface area contributed by atoms with Crippen LogP contribution in [0, 0.1) is 5.92 Å². The largest absolute Gasteiger partial charge is 0.465 e. The third-order valence-electron chi connectivity index (χ3n) is 2.42. The van der Waals surface area contributed by atoms with Crippen LogP contribution in [-0.2, 0) is 4.74 Å². The first-order valence-corrected chi connectivity index (χ1v) is 5.84. The molecule has 4 nitrogen and oxygen atoms in total. The fraction of sp³-hybridized carbons (Fsp3) is 0.538. The van der Waals surface area contributed by atoms with Gasteiger partial charge in [-0.25, -0.2) is 9.78 Å². The number of carbonyl (C=O) groups is 1. The van der Waals surface area contributed by atoms with E-state index in [0.717, 1.165) is 6.42 Å². The van der Waals surface area contributed by atoms with Crippen LogP contribution in [0.25, 0.3) is 0 Å². The van der Waals surface area contributed by atoms with Crippen molar-refractivity contribution in [2.75, 3.05) is 12.4 Å². The summed E-state index contributed by atoms with van der Waals surface area (Å²) in [5.74, 6) is 0.827. The molecular weight excluding hydrogens is 216 g/mol. The van der Waals surface area contributed by atoms with Gasteiger partial charge in [0, 0.05) is 12.2 Å². The van der Waals surface area contributed by atoms with Crippen LogP contribution in [0.5, 0.6) is 0 Å². The van der Waals surface area contributed by atoms with Crippen LogP contribution < -0.4 is 5.32 Å². The third-order valence-corrected chi connectivity index (χ3v) is 2.42. The Bertz CT molecular complexity index is 377. The van der Waals surface area contributed by atoms with E-state index in [2.05, 4.69) is 31.1 Å². The van der Waals surface area contributed by atoms with Gasteiger partial charge in [-0.3, -0.25) is 0 Å². The first-order valence-electron chi connectivity index (χ1n) is 5.84. The van der Waals surface area contributed by atoms with Gasteiger partial charge in [0.25, 0.3) is 0 Å². The van der Waals surface area contributed by atoms with E-state index >= 15 is 0 Å². The Hall–Kier alpha value is -1.58. The maximum absolute atomic E-state index is 11.5. The summed E-state index contributed by atoms with van der Waals surface area (Å²) >= 11 is 0. The number of nitrogens with zero attached hydrogens (tertiary/aromatic N) is 1. The summed E-state index contributed by atoms with van der Waals surface area (Å²) in [6, 6.07) is 3.71. The van der Waals surface area contributed by atoms with Gasteiger partial charge in [0.15, 0.2) is 0 Å². The number of methoxy groups -OCH3 is 1. The van der Waals surface area contributed by atoms with E-state index in [1.165, 1.54) is 7.11 Å². The van der Waals surface area contributed by atoms with Gasteiger partial charge in [0.05, 0.1) is 7.11 Å². The van der Waals surface area contributed by atoms with Crippen molar-refractivity contribution >= 4 is 11.8 Å². The second kappa shape index (κ2) is 6.23. The van der Waals surface area contributed by atoms with Gasteiger partial charge in [-0.2, -0.15) is 0 Å². The van der Waals surface area contributed by atoms with Crippen molar-refractivity contribution in [3.63, 3.8) is 0 Å². The highest BCUT2D eigenvalue weighted by Crippen LogP contribution is 2.16. The minimum absolute atomic E-state index is 0.272. The molecule has 1 atom stereocenters. The number of nitrogens with one attached hydrogen (secondary N) is 1.